The molecule has 0 saturated heterocycles. The summed E-state index contributed by atoms with van der Waals surface area (Å²) >= 11 is 1.56. The van der Waals surface area contributed by atoms with Gasteiger partial charge in [-0.25, -0.2) is 4.98 Å². The number of methoxy groups -OCH3 is 1. The summed E-state index contributed by atoms with van der Waals surface area (Å²) < 4.78 is 11.0. The van der Waals surface area contributed by atoms with Crippen molar-refractivity contribution in [2.75, 3.05) is 12.9 Å². The summed E-state index contributed by atoms with van der Waals surface area (Å²) in [4.78, 5) is 17.1. The molecule has 1 atom stereocenters. The first kappa shape index (κ1) is 20.5. The number of benzene rings is 2. The first-order chi connectivity index (χ1) is 14.6. The third kappa shape index (κ3) is 4.70. The van der Waals surface area contributed by atoms with Gasteiger partial charge in [0.2, 0.25) is 11.8 Å². The van der Waals surface area contributed by atoms with Crippen LogP contribution in [0.3, 0.4) is 0 Å². The number of ether oxygens (including phenoxy) is 1. The second-order valence-electron chi connectivity index (χ2n) is 7.45. The number of hydrogen-bond donors (Lipinski definition) is 1. The van der Waals surface area contributed by atoms with Crippen molar-refractivity contribution >= 4 is 17.7 Å². The number of carbonyl (C=O) groups is 1. The Labute approximate surface area is 181 Å². The van der Waals surface area contributed by atoms with Gasteiger partial charge in [-0.15, -0.1) is 11.8 Å². The maximum absolute atomic E-state index is 12.5. The number of nitrogens with one attached hydrogen (secondary N) is 1. The molecule has 2 aromatic carbocycles. The molecule has 6 heteroatoms. The fourth-order valence-corrected chi connectivity index (χ4v) is 4.63. The Hall–Kier alpha value is -2.73. The summed E-state index contributed by atoms with van der Waals surface area (Å²) in [7, 11) is 1.64. The van der Waals surface area contributed by atoms with Gasteiger partial charge in [-0.2, -0.15) is 0 Å². The van der Waals surface area contributed by atoms with Crippen LogP contribution in [0.1, 0.15) is 41.5 Å². The number of rotatable bonds is 7. The number of aryl methyl sites for hydroxylation is 2. The smallest absolute Gasteiger partial charge is 0.230 e. The van der Waals surface area contributed by atoms with E-state index in [1.165, 1.54) is 11.1 Å². The zero-order valence-electron chi connectivity index (χ0n) is 17.3. The van der Waals surface area contributed by atoms with Crippen molar-refractivity contribution in [2.24, 2.45) is 0 Å². The fraction of sp³-hybridized carbons (Fsp3) is 0.333. The first-order valence-corrected chi connectivity index (χ1v) is 11.3. The minimum atomic E-state index is 0.0678. The van der Waals surface area contributed by atoms with Gasteiger partial charge in [0.15, 0.2) is 0 Å². The van der Waals surface area contributed by atoms with Gasteiger partial charge in [-0.1, -0.05) is 24.3 Å². The van der Waals surface area contributed by atoms with Crippen LogP contribution in [0.15, 0.2) is 52.9 Å². The molecule has 0 saturated carbocycles. The molecule has 1 heterocycles. The van der Waals surface area contributed by atoms with Crippen LogP contribution in [0, 0.1) is 6.92 Å². The maximum Gasteiger partial charge on any atom is 0.230 e. The van der Waals surface area contributed by atoms with Crippen molar-refractivity contribution in [2.45, 2.75) is 38.0 Å². The standard InChI is InChI=1S/C24H26N2O3S/c1-16-22(26-24(29-16)18-10-12-19(28-2)13-11-18)14-30-15-23(27)25-21-9-5-7-17-6-3-4-8-20(17)21/h3-4,6,8,10-13,21H,5,7,9,14-15H2,1-2H3,(H,25,27)/t21-/m0/s1. The molecular weight excluding hydrogens is 396 g/mol. The van der Waals surface area contributed by atoms with Crippen LogP contribution in [-0.2, 0) is 17.0 Å². The van der Waals surface area contributed by atoms with E-state index < -0.39 is 0 Å². The predicted octanol–water partition coefficient (Wildman–Crippen LogP) is 5.09. The third-order valence-electron chi connectivity index (χ3n) is 5.41. The van der Waals surface area contributed by atoms with Crippen molar-refractivity contribution in [3.05, 3.63) is 71.1 Å². The maximum atomic E-state index is 12.5. The number of nitrogens with zero attached hydrogens (tertiary/aromatic N) is 1. The largest absolute Gasteiger partial charge is 0.497 e. The highest BCUT2D eigenvalue weighted by molar-refractivity contribution is 7.99. The van der Waals surface area contributed by atoms with Gasteiger partial charge in [-0.3, -0.25) is 4.79 Å². The van der Waals surface area contributed by atoms with Crippen molar-refractivity contribution in [3.63, 3.8) is 0 Å². The molecule has 1 N–H and O–H groups in total. The molecule has 1 aliphatic carbocycles. The summed E-state index contributed by atoms with van der Waals surface area (Å²) in [6.07, 6.45) is 3.21. The molecule has 1 aromatic heterocycles. The van der Waals surface area contributed by atoms with Crippen molar-refractivity contribution in [1.29, 1.82) is 0 Å². The fourth-order valence-electron chi connectivity index (χ4n) is 3.80. The molecule has 30 heavy (non-hydrogen) atoms. The number of carbonyl (C=O) groups excluding carboxylic acids is 1. The Balaban J connectivity index is 1.31. The third-order valence-corrected chi connectivity index (χ3v) is 6.35. The van der Waals surface area contributed by atoms with E-state index in [-0.39, 0.29) is 11.9 Å². The van der Waals surface area contributed by atoms with E-state index in [9.17, 15) is 4.79 Å². The lowest BCUT2D eigenvalue weighted by molar-refractivity contribution is -0.119. The summed E-state index contributed by atoms with van der Waals surface area (Å²) in [5, 5.41) is 3.20. The summed E-state index contributed by atoms with van der Waals surface area (Å²) in [5.74, 6) is 3.29. The lowest BCUT2D eigenvalue weighted by Crippen LogP contribution is -2.32. The zero-order chi connectivity index (χ0) is 20.9. The molecule has 0 radical (unpaired) electrons. The van der Waals surface area contributed by atoms with Crippen molar-refractivity contribution in [1.82, 2.24) is 10.3 Å². The Kier molecular flexibility index (Phi) is 6.43. The Morgan fingerprint density at radius 1 is 1.23 bits per heavy atom. The van der Waals surface area contributed by atoms with Crippen LogP contribution in [-0.4, -0.2) is 23.8 Å². The van der Waals surface area contributed by atoms with Gasteiger partial charge < -0.3 is 14.5 Å². The van der Waals surface area contributed by atoms with E-state index in [1.54, 1.807) is 18.9 Å². The lowest BCUT2D eigenvalue weighted by Gasteiger charge is -2.26. The lowest BCUT2D eigenvalue weighted by atomic mass is 9.88. The molecule has 5 nitrogen and oxygen atoms in total. The van der Waals surface area contributed by atoms with Crippen molar-refractivity contribution in [3.8, 4) is 17.2 Å². The molecule has 3 aromatic rings. The van der Waals surface area contributed by atoms with Gasteiger partial charge in [0.1, 0.15) is 11.5 Å². The molecule has 156 valence electrons. The number of amides is 1. The van der Waals surface area contributed by atoms with E-state index in [4.69, 9.17) is 9.15 Å². The summed E-state index contributed by atoms with van der Waals surface area (Å²) in [6.45, 7) is 1.91. The van der Waals surface area contributed by atoms with Gasteiger partial charge in [0, 0.05) is 11.3 Å². The first-order valence-electron chi connectivity index (χ1n) is 10.2. The summed E-state index contributed by atoms with van der Waals surface area (Å²) in [5.41, 5.74) is 4.40. The van der Waals surface area contributed by atoms with Gasteiger partial charge in [0.05, 0.1) is 24.6 Å². The topological polar surface area (TPSA) is 64.4 Å². The van der Waals surface area contributed by atoms with E-state index in [0.29, 0.717) is 17.4 Å². The van der Waals surface area contributed by atoms with E-state index in [0.717, 1.165) is 42.0 Å². The Bertz CT molecular complexity index is 1010. The SMILES string of the molecule is COc1ccc(-c2nc(CSCC(=O)N[C@H]3CCCc4ccccc43)c(C)o2)cc1. The van der Waals surface area contributed by atoms with Crippen LogP contribution in [0.2, 0.25) is 0 Å². The Morgan fingerprint density at radius 3 is 2.83 bits per heavy atom. The van der Waals surface area contributed by atoms with Crippen LogP contribution >= 0.6 is 11.8 Å². The molecule has 0 spiro atoms. The number of oxazole rings is 1. The molecule has 0 aliphatic heterocycles. The predicted molar refractivity (Wildman–Crippen MR) is 120 cm³/mol. The average Bonchev–Trinajstić information content (AvgIpc) is 3.14. The second kappa shape index (κ2) is 9.39. The quantitative estimate of drug-likeness (QED) is 0.575. The Morgan fingerprint density at radius 2 is 2.03 bits per heavy atom. The normalized spacial score (nSPS) is 15.5. The van der Waals surface area contributed by atoms with E-state index in [2.05, 4.69) is 28.5 Å². The molecule has 1 aliphatic rings. The highest BCUT2D eigenvalue weighted by Crippen LogP contribution is 2.30. The molecule has 0 unspecified atom stereocenters. The summed E-state index contributed by atoms with van der Waals surface area (Å²) in [6, 6.07) is 16.2. The van der Waals surface area contributed by atoms with Gasteiger partial charge in [-0.05, 0) is 61.6 Å². The van der Waals surface area contributed by atoms with Crippen LogP contribution in [0.4, 0.5) is 0 Å². The zero-order valence-corrected chi connectivity index (χ0v) is 18.1. The van der Waals surface area contributed by atoms with Crippen LogP contribution in [0.5, 0.6) is 5.75 Å². The van der Waals surface area contributed by atoms with E-state index >= 15 is 0 Å². The number of hydrogen-bond acceptors (Lipinski definition) is 5. The molecule has 0 bridgehead atoms. The van der Waals surface area contributed by atoms with Crippen molar-refractivity contribution < 1.29 is 13.9 Å². The van der Waals surface area contributed by atoms with Crippen LogP contribution < -0.4 is 10.1 Å². The molecule has 0 fully saturated rings. The van der Waals surface area contributed by atoms with Gasteiger partial charge >= 0.3 is 0 Å². The highest BCUT2D eigenvalue weighted by atomic mass is 32.2. The number of thioether (sulfide) groups is 1. The number of aromatic nitrogens is 1. The molecule has 1 amide bonds. The minimum Gasteiger partial charge on any atom is -0.497 e. The monoisotopic (exact) mass is 422 g/mol. The second-order valence-corrected chi connectivity index (χ2v) is 8.44. The van der Waals surface area contributed by atoms with Crippen LogP contribution in [0.25, 0.3) is 11.5 Å². The molecular formula is C24H26N2O3S. The number of fused-ring (bicyclic) bond motifs is 1. The van der Waals surface area contributed by atoms with E-state index in [1.807, 2.05) is 37.3 Å². The minimum absolute atomic E-state index is 0.0678. The highest BCUT2D eigenvalue weighted by Gasteiger charge is 2.21. The average molecular weight is 423 g/mol. The molecule has 4 rings (SSSR count). The van der Waals surface area contributed by atoms with Gasteiger partial charge in [0.25, 0.3) is 0 Å².